The summed E-state index contributed by atoms with van der Waals surface area (Å²) in [6.45, 7) is 4.78. The van der Waals surface area contributed by atoms with Crippen LogP contribution < -0.4 is 9.80 Å². The van der Waals surface area contributed by atoms with E-state index in [2.05, 4.69) is 230 Å². The fraction of sp³-hybridized carbons (Fsp3) is 0.0545. The Morgan fingerprint density at radius 1 is 0.298 bits per heavy atom. The zero-order valence-electron chi connectivity index (χ0n) is 32.0. The molecule has 57 heavy (non-hydrogen) atoms. The molecule has 0 bridgehead atoms. The molecule has 1 aliphatic rings. The summed E-state index contributed by atoms with van der Waals surface area (Å²) in [6, 6.07) is 75.7. The summed E-state index contributed by atoms with van der Waals surface area (Å²) in [5.74, 6) is 0. The van der Waals surface area contributed by atoms with E-state index in [4.69, 9.17) is 0 Å². The summed E-state index contributed by atoms with van der Waals surface area (Å²) in [5.41, 5.74) is 11.9. The van der Waals surface area contributed by atoms with Gasteiger partial charge >= 0.3 is 0 Å². The number of benzene rings is 10. The lowest BCUT2D eigenvalue weighted by Gasteiger charge is -2.30. The number of hydrogen-bond donors (Lipinski definition) is 0. The third kappa shape index (κ3) is 5.25. The molecule has 0 unspecified atom stereocenters. The van der Waals surface area contributed by atoms with Gasteiger partial charge in [0.2, 0.25) is 0 Å². The number of fused-ring (bicyclic) bond motifs is 9. The molecule has 0 saturated heterocycles. The first-order valence-electron chi connectivity index (χ1n) is 19.9. The average molecular weight is 729 g/mol. The van der Waals surface area contributed by atoms with E-state index < -0.39 is 0 Å². The molecule has 0 fully saturated rings. The van der Waals surface area contributed by atoms with Gasteiger partial charge in [0.05, 0.1) is 11.4 Å². The van der Waals surface area contributed by atoms with Crippen molar-refractivity contribution in [3.8, 4) is 11.1 Å². The summed E-state index contributed by atoms with van der Waals surface area (Å²) in [6.07, 6.45) is 0. The Hall–Kier alpha value is -7.16. The number of rotatable bonds is 6. The molecule has 1 aliphatic carbocycles. The lowest BCUT2D eigenvalue weighted by atomic mass is 9.82. The smallest absolute Gasteiger partial charge is 0.0546 e. The minimum Gasteiger partial charge on any atom is -0.310 e. The van der Waals surface area contributed by atoms with E-state index in [0.29, 0.717) is 0 Å². The molecular formula is C55H40N2. The summed E-state index contributed by atoms with van der Waals surface area (Å²) < 4.78 is 0. The van der Waals surface area contributed by atoms with E-state index in [1.165, 1.54) is 76.7 Å². The van der Waals surface area contributed by atoms with Crippen molar-refractivity contribution in [3.05, 3.63) is 217 Å². The SMILES string of the molecule is CC1(C)c2cc(N(c3ccccc3)c3cc4ccccc4c4ccccc34)ccc2-c2ccc(N(c3ccccc3)c3cc4ccccc4c4ccccc34)cc21. The second-order valence-electron chi connectivity index (χ2n) is 15.8. The van der Waals surface area contributed by atoms with Crippen molar-refractivity contribution >= 4 is 77.2 Å². The lowest BCUT2D eigenvalue weighted by Crippen LogP contribution is -2.18. The van der Waals surface area contributed by atoms with Crippen LogP contribution in [0.1, 0.15) is 25.0 Å². The normalized spacial score (nSPS) is 12.9. The highest BCUT2D eigenvalue weighted by Gasteiger charge is 2.37. The van der Waals surface area contributed by atoms with E-state index in [-0.39, 0.29) is 5.41 Å². The van der Waals surface area contributed by atoms with Crippen LogP contribution in [0.15, 0.2) is 206 Å². The zero-order valence-corrected chi connectivity index (χ0v) is 32.0. The molecule has 10 aromatic carbocycles. The quantitative estimate of drug-likeness (QED) is 0.157. The Bertz CT molecular complexity index is 2950. The van der Waals surface area contributed by atoms with E-state index in [1.807, 2.05) is 0 Å². The highest BCUT2D eigenvalue weighted by molar-refractivity contribution is 6.16. The predicted molar refractivity (Wildman–Crippen MR) is 243 cm³/mol. The van der Waals surface area contributed by atoms with Crippen LogP contribution in [0, 0.1) is 0 Å². The van der Waals surface area contributed by atoms with Gasteiger partial charge in [-0.05, 0) is 115 Å². The second-order valence-corrected chi connectivity index (χ2v) is 15.8. The second kappa shape index (κ2) is 13.0. The minimum atomic E-state index is -0.252. The van der Waals surface area contributed by atoms with Gasteiger partial charge in [0.25, 0.3) is 0 Å². The summed E-state index contributed by atoms with van der Waals surface area (Å²) in [4.78, 5) is 4.89. The van der Waals surface area contributed by atoms with Crippen LogP contribution in [0.5, 0.6) is 0 Å². The molecule has 0 radical (unpaired) electrons. The monoisotopic (exact) mass is 728 g/mol. The van der Waals surface area contributed by atoms with Crippen molar-refractivity contribution in [2.75, 3.05) is 9.80 Å². The van der Waals surface area contributed by atoms with Crippen LogP contribution >= 0.6 is 0 Å². The van der Waals surface area contributed by atoms with E-state index in [9.17, 15) is 0 Å². The molecule has 2 nitrogen and oxygen atoms in total. The number of para-hydroxylation sites is 2. The molecule has 10 aromatic rings. The molecule has 0 spiro atoms. The molecule has 270 valence electrons. The maximum absolute atomic E-state index is 2.45. The molecular weight excluding hydrogens is 689 g/mol. The van der Waals surface area contributed by atoms with Gasteiger partial charge in [0.1, 0.15) is 0 Å². The fourth-order valence-corrected chi connectivity index (χ4v) is 9.44. The Balaban J connectivity index is 1.08. The number of hydrogen-bond acceptors (Lipinski definition) is 2. The standard InChI is InChI=1S/C55H40N2/c1-55(2)51-35-41(56(39-19-5-3-6-20-39)53-33-37-17-9-11-23-43(37)45-25-13-15-27-49(45)53)29-31-47(51)48-32-30-42(36-52(48)55)57(40-21-7-4-8-22-40)54-34-38-18-10-12-24-44(38)46-26-14-16-28-50(46)54/h3-36H,1-2H3. The lowest BCUT2D eigenvalue weighted by molar-refractivity contribution is 0.660. The van der Waals surface area contributed by atoms with Gasteiger partial charge in [-0.3, -0.25) is 0 Å². The largest absolute Gasteiger partial charge is 0.310 e. The first-order valence-corrected chi connectivity index (χ1v) is 19.9. The van der Waals surface area contributed by atoms with Crippen LogP contribution in [-0.4, -0.2) is 0 Å². The van der Waals surface area contributed by atoms with Gasteiger partial charge in [0, 0.05) is 38.9 Å². The van der Waals surface area contributed by atoms with E-state index in [0.717, 1.165) is 22.7 Å². The Labute approximate surface area is 333 Å². The maximum Gasteiger partial charge on any atom is 0.0546 e. The molecule has 0 aromatic heterocycles. The van der Waals surface area contributed by atoms with Crippen molar-refractivity contribution in [1.82, 2.24) is 0 Å². The van der Waals surface area contributed by atoms with Gasteiger partial charge in [-0.15, -0.1) is 0 Å². The number of anilines is 6. The van der Waals surface area contributed by atoms with Crippen molar-refractivity contribution in [1.29, 1.82) is 0 Å². The van der Waals surface area contributed by atoms with Crippen LogP contribution in [0.2, 0.25) is 0 Å². The molecule has 0 heterocycles. The maximum atomic E-state index is 2.45. The first-order chi connectivity index (χ1) is 28.0. The number of nitrogens with zero attached hydrogens (tertiary/aromatic N) is 2. The molecule has 0 saturated carbocycles. The van der Waals surface area contributed by atoms with Gasteiger partial charge in [-0.2, -0.15) is 0 Å². The fourth-order valence-electron chi connectivity index (χ4n) is 9.44. The van der Waals surface area contributed by atoms with Crippen molar-refractivity contribution in [2.45, 2.75) is 19.3 Å². The third-order valence-electron chi connectivity index (χ3n) is 12.2. The molecule has 2 heteroatoms. The highest BCUT2D eigenvalue weighted by Crippen LogP contribution is 2.53. The third-order valence-corrected chi connectivity index (χ3v) is 12.2. The van der Waals surface area contributed by atoms with Gasteiger partial charge < -0.3 is 9.80 Å². The van der Waals surface area contributed by atoms with Crippen molar-refractivity contribution in [2.24, 2.45) is 0 Å². The first kappa shape index (κ1) is 33.2. The average Bonchev–Trinajstić information content (AvgIpc) is 3.49. The van der Waals surface area contributed by atoms with Crippen molar-refractivity contribution < 1.29 is 0 Å². The highest BCUT2D eigenvalue weighted by atomic mass is 15.1. The summed E-state index contributed by atoms with van der Waals surface area (Å²) >= 11 is 0. The molecule has 11 rings (SSSR count). The van der Waals surface area contributed by atoms with E-state index >= 15 is 0 Å². The molecule has 0 N–H and O–H groups in total. The Morgan fingerprint density at radius 2 is 0.649 bits per heavy atom. The molecule has 0 amide bonds. The van der Waals surface area contributed by atoms with Crippen LogP contribution in [0.3, 0.4) is 0 Å². The van der Waals surface area contributed by atoms with Crippen molar-refractivity contribution in [3.63, 3.8) is 0 Å². The van der Waals surface area contributed by atoms with Crippen LogP contribution in [0.4, 0.5) is 34.1 Å². The summed E-state index contributed by atoms with van der Waals surface area (Å²) in [5, 5.41) is 9.99. The Kier molecular flexibility index (Phi) is 7.55. The van der Waals surface area contributed by atoms with Gasteiger partial charge in [0.15, 0.2) is 0 Å². The minimum absolute atomic E-state index is 0.252. The topological polar surface area (TPSA) is 6.48 Å². The van der Waals surface area contributed by atoms with Crippen LogP contribution in [0.25, 0.3) is 54.2 Å². The molecule has 0 atom stereocenters. The van der Waals surface area contributed by atoms with Crippen LogP contribution in [-0.2, 0) is 5.41 Å². The zero-order chi connectivity index (χ0) is 38.1. The van der Waals surface area contributed by atoms with E-state index in [1.54, 1.807) is 0 Å². The molecule has 0 aliphatic heterocycles. The predicted octanol–water partition coefficient (Wildman–Crippen LogP) is 15.5. The summed E-state index contributed by atoms with van der Waals surface area (Å²) in [7, 11) is 0. The van der Waals surface area contributed by atoms with Gasteiger partial charge in [-0.1, -0.05) is 159 Å². The Morgan fingerprint density at radius 3 is 1.07 bits per heavy atom. The van der Waals surface area contributed by atoms with Gasteiger partial charge in [-0.25, -0.2) is 0 Å².